The summed E-state index contributed by atoms with van der Waals surface area (Å²) >= 11 is 0. The molecule has 0 aliphatic carbocycles. The van der Waals surface area contributed by atoms with Gasteiger partial charge in [0.1, 0.15) is 11.9 Å². The molecule has 3 atom stereocenters. The Balaban J connectivity index is 1.23. The summed E-state index contributed by atoms with van der Waals surface area (Å²) in [5, 5.41) is 13.6. The number of methoxy groups -OCH3 is 1. The van der Waals surface area contributed by atoms with E-state index >= 15 is 0 Å². The molecule has 0 radical (unpaired) electrons. The summed E-state index contributed by atoms with van der Waals surface area (Å²) in [6.45, 7) is 5.68. The zero-order valence-electron chi connectivity index (χ0n) is 22.2. The van der Waals surface area contributed by atoms with Crippen LogP contribution in [0.25, 0.3) is 0 Å². The number of anilines is 1. The van der Waals surface area contributed by atoms with Gasteiger partial charge in [0.2, 0.25) is 0 Å². The Morgan fingerprint density at radius 1 is 1.27 bits per heavy atom. The second-order valence-corrected chi connectivity index (χ2v) is 10.5. The first kappa shape index (κ1) is 27.3. The van der Waals surface area contributed by atoms with Crippen LogP contribution in [0.15, 0.2) is 30.5 Å². The van der Waals surface area contributed by atoms with E-state index < -0.39 is 17.8 Å². The van der Waals surface area contributed by atoms with Crippen LogP contribution in [0.1, 0.15) is 81.0 Å². The molecular weight excluding hydrogens is 473 g/mol. The molecule has 3 heterocycles. The SMILES string of the molecule is COc1c(F)cc(C(C)C)cc1C(C(=O)O)N1CC[C@@H](OCCCCC[C@H]2CCc3cccnc3N2)C1. The van der Waals surface area contributed by atoms with E-state index in [1.54, 1.807) is 6.07 Å². The molecule has 1 aromatic heterocycles. The molecule has 2 N–H and O–H groups in total. The van der Waals surface area contributed by atoms with Gasteiger partial charge in [-0.1, -0.05) is 32.8 Å². The zero-order valence-corrected chi connectivity index (χ0v) is 22.2. The summed E-state index contributed by atoms with van der Waals surface area (Å²) in [7, 11) is 1.38. The predicted octanol–water partition coefficient (Wildman–Crippen LogP) is 5.56. The van der Waals surface area contributed by atoms with Gasteiger partial charge < -0.3 is 19.9 Å². The molecule has 2 aliphatic rings. The fourth-order valence-corrected chi connectivity index (χ4v) is 5.50. The first-order valence-electron chi connectivity index (χ1n) is 13.5. The fraction of sp³-hybridized carbons (Fsp3) is 0.586. The molecule has 4 rings (SSSR count). The van der Waals surface area contributed by atoms with Gasteiger partial charge in [-0.2, -0.15) is 0 Å². The van der Waals surface area contributed by atoms with Gasteiger partial charge in [0.25, 0.3) is 0 Å². The number of aryl methyl sites for hydroxylation is 1. The number of fused-ring (bicyclic) bond motifs is 1. The molecule has 37 heavy (non-hydrogen) atoms. The van der Waals surface area contributed by atoms with Crippen molar-refractivity contribution in [3.63, 3.8) is 0 Å². The Labute approximate surface area is 219 Å². The lowest BCUT2D eigenvalue weighted by Crippen LogP contribution is -2.34. The molecule has 2 aliphatic heterocycles. The Morgan fingerprint density at radius 3 is 2.86 bits per heavy atom. The van der Waals surface area contributed by atoms with Gasteiger partial charge in [-0.25, -0.2) is 9.37 Å². The minimum absolute atomic E-state index is 0.00731. The van der Waals surface area contributed by atoms with Gasteiger partial charge in [-0.3, -0.25) is 9.69 Å². The number of halogens is 1. The van der Waals surface area contributed by atoms with Crippen molar-refractivity contribution in [1.82, 2.24) is 9.88 Å². The van der Waals surface area contributed by atoms with Crippen LogP contribution in [0.4, 0.5) is 10.2 Å². The number of pyridine rings is 1. The summed E-state index contributed by atoms with van der Waals surface area (Å²) < 4.78 is 26.1. The fourth-order valence-electron chi connectivity index (χ4n) is 5.50. The van der Waals surface area contributed by atoms with E-state index in [0.717, 1.165) is 56.3 Å². The number of benzene rings is 1. The van der Waals surface area contributed by atoms with Gasteiger partial charge >= 0.3 is 5.97 Å². The first-order valence-corrected chi connectivity index (χ1v) is 13.5. The van der Waals surface area contributed by atoms with Crippen LogP contribution in [0, 0.1) is 5.82 Å². The lowest BCUT2D eigenvalue weighted by atomic mass is 9.95. The molecule has 7 nitrogen and oxygen atoms in total. The molecule has 0 amide bonds. The normalized spacial score (nSPS) is 20.5. The van der Waals surface area contributed by atoms with E-state index in [1.807, 2.05) is 31.0 Å². The van der Waals surface area contributed by atoms with E-state index in [-0.39, 0.29) is 17.8 Å². The number of carbonyl (C=O) groups is 1. The average molecular weight is 514 g/mol. The molecule has 2 aromatic rings. The molecule has 8 heteroatoms. The summed E-state index contributed by atoms with van der Waals surface area (Å²) in [5.41, 5.74) is 2.43. The van der Waals surface area contributed by atoms with Crippen molar-refractivity contribution in [3.05, 3.63) is 53.0 Å². The summed E-state index contributed by atoms with van der Waals surface area (Å²) in [4.78, 5) is 18.6. The number of aliphatic carboxylic acids is 1. The third kappa shape index (κ3) is 6.79. The maximum Gasteiger partial charge on any atom is 0.325 e. The van der Waals surface area contributed by atoms with E-state index in [0.29, 0.717) is 31.3 Å². The molecule has 1 unspecified atom stereocenters. The van der Waals surface area contributed by atoms with Crippen LogP contribution < -0.4 is 10.1 Å². The number of carboxylic acids is 1. The number of hydrogen-bond donors (Lipinski definition) is 2. The minimum Gasteiger partial charge on any atom is -0.493 e. The van der Waals surface area contributed by atoms with Gasteiger partial charge in [-0.05, 0) is 67.3 Å². The van der Waals surface area contributed by atoms with E-state index in [2.05, 4.69) is 16.4 Å². The third-order valence-electron chi connectivity index (χ3n) is 7.58. The highest BCUT2D eigenvalue weighted by atomic mass is 19.1. The average Bonchev–Trinajstić information content (AvgIpc) is 3.33. The minimum atomic E-state index is -1.01. The molecule has 1 fully saturated rings. The number of ether oxygens (including phenoxy) is 2. The van der Waals surface area contributed by atoms with Crippen LogP contribution in [0.2, 0.25) is 0 Å². The topological polar surface area (TPSA) is 83.9 Å². The Kier molecular flexibility index (Phi) is 9.38. The molecule has 202 valence electrons. The lowest BCUT2D eigenvalue weighted by molar-refractivity contribution is -0.143. The number of nitrogens with zero attached hydrogens (tertiary/aromatic N) is 2. The second kappa shape index (κ2) is 12.7. The van der Waals surface area contributed by atoms with Crippen molar-refractivity contribution in [2.24, 2.45) is 0 Å². The molecule has 1 aromatic carbocycles. The highest BCUT2D eigenvalue weighted by Gasteiger charge is 2.36. The Bertz CT molecular complexity index is 1060. The smallest absolute Gasteiger partial charge is 0.325 e. The molecule has 0 spiro atoms. The summed E-state index contributed by atoms with van der Waals surface area (Å²) in [6.07, 6.45) is 9.15. The molecule has 1 saturated heterocycles. The number of nitrogens with one attached hydrogen (secondary N) is 1. The second-order valence-electron chi connectivity index (χ2n) is 10.5. The number of likely N-dealkylation sites (tertiary alicyclic amines) is 1. The standard InChI is InChI=1S/C29H40FN3O4/c1-19(2)21-16-24(27(36-3)25(30)17-21)26(29(34)35)33-14-12-23(18-33)37-15-6-4-5-9-22-11-10-20-8-7-13-31-28(20)32-22/h7-8,13,16-17,19,22-23,26H,4-6,9-12,14-15,18H2,1-3H3,(H,31,32)(H,34,35)/t22-,23+,26?/m0/s1. The number of rotatable bonds is 12. The maximum atomic E-state index is 14.7. The van der Waals surface area contributed by atoms with Crippen molar-refractivity contribution >= 4 is 11.8 Å². The van der Waals surface area contributed by atoms with Crippen molar-refractivity contribution in [3.8, 4) is 5.75 Å². The van der Waals surface area contributed by atoms with E-state index in [9.17, 15) is 14.3 Å². The summed E-state index contributed by atoms with van der Waals surface area (Å²) in [6, 6.07) is 6.85. The van der Waals surface area contributed by atoms with Crippen molar-refractivity contribution in [2.45, 2.75) is 82.9 Å². The van der Waals surface area contributed by atoms with Crippen molar-refractivity contribution in [2.75, 3.05) is 32.1 Å². The van der Waals surface area contributed by atoms with Crippen LogP contribution in [-0.4, -0.2) is 59.9 Å². The molecule has 0 saturated carbocycles. The largest absolute Gasteiger partial charge is 0.493 e. The zero-order chi connectivity index (χ0) is 26.4. The lowest BCUT2D eigenvalue weighted by Gasteiger charge is -2.27. The number of unbranched alkanes of at least 4 members (excludes halogenated alkanes) is 2. The van der Waals surface area contributed by atoms with Crippen LogP contribution in [0.5, 0.6) is 5.75 Å². The van der Waals surface area contributed by atoms with Crippen LogP contribution in [-0.2, 0) is 16.0 Å². The number of carboxylic acid groups (broad SMARTS) is 1. The van der Waals surface area contributed by atoms with Crippen LogP contribution in [0.3, 0.4) is 0 Å². The Hall–Kier alpha value is -2.71. The number of hydrogen-bond acceptors (Lipinski definition) is 6. The quantitative estimate of drug-likeness (QED) is 0.360. The van der Waals surface area contributed by atoms with Crippen molar-refractivity contribution in [1.29, 1.82) is 0 Å². The van der Waals surface area contributed by atoms with Crippen LogP contribution >= 0.6 is 0 Å². The maximum absolute atomic E-state index is 14.7. The predicted molar refractivity (Wildman–Crippen MR) is 142 cm³/mol. The Morgan fingerprint density at radius 2 is 2.11 bits per heavy atom. The van der Waals surface area contributed by atoms with Crippen molar-refractivity contribution < 1.29 is 23.8 Å². The monoisotopic (exact) mass is 513 g/mol. The molecular formula is C29H40FN3O4. The summed E-state index contributed by atoms with van der Waals surface area (Å²) in [5.74, 6) is -0.416. The van der Waals surface area contributed by atoms with E-state index in [1.165, 1.54) is 18.7 Å². The molecule has 0 bridgehead atoms. The van der Waals surface area contributed by atoms with Gasteiger partial charge in [-0.15, -0.1) is 0 Å². The van der Waals surface area contributed by atoms with Gasteiger partial charge in [0.05, 0.1) is 13.2 Å². The van der Waals surface area contributed by atoms with E-state index in [4.69, 9.17) is 9.47 Å². The third-order valence-corrected chi connectivity index (χ3v) is 7.58. The van der Waals surface area contributed by atoms with Gasteiger partial charge in [0.15, 0.2) is 11.6 Å². The first-order chi connectivity index (χ1) is 17.9. The highest BCUT2D eigenvalue weighted by Crippen LogP contribution is 2.37. The highest BCUT2D eigenvalue weighted by molar-refractivity contribution is 5.77. The van der Waals surface area contributed by atoms with Gasteiger partial charge in [0, 0.05) is 37.5 Å². The number of aromatic nitrogens is 1.